The van der Waals surface area contributed by atoms with Gasteiger partial charge in [0.05, 0.1) is 0 Å². The molecule has 0 aliphatic carbocycles. The summed E-state index contributed by atoms with van der Waals surface area (Å²) in [6.07, 6.45) is 2.50. The van der Waals surface area contributed by atoms with Gasteiger partial charge in [-0.15, -0.1) is 0 Å². The lowest BCUT2D eigenvalue weighted by Gasteiger charge is -2.20. The van der Waals surface area contributed by atoms with E-state index in [1.807, 2.05) is 13.1 Å². The number of nitrogens with zero attached hydrogens (tertiary/aromatic N) is 2. The number of carbonyl (C=O) groups is 1. The molecule has 0 fully saturated rings. The average molecular weight is 211 g/mol. The van der Waals surface area contributed by atoms with Crippen LogP contribution in [-0.2, 0) is 18.3 Å². The Bertz CT molecular complexity index is 344. The first-order chi connectivity index (χ1) is 6.93. The highest BCUT2D eigenvalue weighted by Crippen LogP contribution is 2.02. The molecule has 15 heavy (non-hydrogen) atoms. The SMILES string of the molecule is Cn1nccc1CCNC(C)(C)C(=O)O. The number of hydrogen-bond acceptors (Lipinski definition) is 3. The van der Waals surface area contributed by atoms with Crippen LogP contribution in [0.2, 0.25) is 0 Å². The van der Waals surface area contributed by atoms with Crippen LogP contribution < -0.4 is 5.32 Å². The average Bonchev–Trinajstić information content (AvgIpc) is 2.51. The monoisotopic (exact) mass is 211 g/mol. The first kappa shape index (κ1) is 11.7. The lowest BCUT2D eigenvalue weighted by molar-refractivity contribution is -0.143. The molecule has 1 rings (SSSR count). The minimum absolute atomic E-state index is 0.624. The normalized spacial score (nSPS) is 11.7. The van der Waals surface area contributed by atoms with Gasteiger partial charge in [0.1, 0.15) is 5.54 Å². The second-order valence-electron chi connectivity index (χ2n) is 4.05. The molecule has 2 N–H and O–H groups in total. The van der Waals surface area contributed by atoms with Crippen molar-refractivity contribution < 1.29 is 9.90 Å². The molecule has 0 spiro atoms. The number of aryl methyl sites for hydroxylation is 1. The molecular weight excluding hydrogens is 194 g/mol. The van der Waals surface area contributed by atoms with E-state index in [2.05, 4.69) is 10.4 Å². The van der Waals surface area contributed by atoms with Gasteiger partial charge in [-0.25, -0.2) is 0 Å². The summed E-state index contributed by atoms with van der Waals surface area (Å²) >= 11 is 0. The van der Waals surface area contributed by atoms with Gasteiger partial charge >= 0.3 is 5.97 Å². The molecule has 5 nitrogen and oxygen atoms in total. The van der Waals surface area contributed by atoms with Gasteiger partial charge < -0.3 is 10.4 Å². The molecule has 0 amide bonds. The fraction of sp³-hybridized carbons (Fsp3) is 0.600. The lowest BCUT2D eigenvalue weighted by atomic mass is 10.1. The molecule has 0 atom stereocenters. The second-order valence-corrected chi connectivity index (χ2v) is 4.05. The Morgan fingerprint density at radius 1 is 1.67 bits per heavy atom. The Morgan fingerprint density at radius 3 is 2.80 bits per heavy atom. The minimum atomic E-state index is -0.876. The van der Waals surface area contributed by atoms with Gasteiger partial charge in [-0.05, 0) is 19.9 Å². The third-order valence-corrected chi connectivity index (χ3v) is 2.41. The van der Waals surface area contributed by atoms with Crippen LogP contribution in [0.1, 0.15) is 19.5 Å². The Labute approximate surface area is 89.1 Å². The van der Waals surface area contributed by atoms with Crippen molar-refractivity contribution in [2.75, 3.05) is 6.54 Å². The third-order valence-electron chi connectivity index (χ3n) is 2.41. The van der Waals surface area contributed by atoms with Crippen LogP contribution >= 0.6 is 0 Å². The molecule has 0 radical (unpaired) electrons. The summed E-state index contributed by atoms with van der Waals surface area (Å²) in [7, 11) is 1.87. The van der Waals surface area contributed by atoms with Crippen molar-refractivity contribution in [3.63, 3.8) is 0 Å². The van der Waals surface area contributed by atoms with Gasteiger partial charge in [0.25, 0.3) is 0 Å². The topological polar surface area (TPSA) is 67.2 Å². The number of aromatic nitrogens is 2. The molecule has 0 bridgehead atoms. The highest BCUT2D eigenvalue weighted by atomic mass is 16.4. The van der Waals surface area contributed by atoms with E-state index >= 15 is 0 Å². The van der Waals surface area contributed by atoms with Gasteiger partial charge in [0.2, 0.25) is 0 Å². The van der Waals surface area contributed by atoms with E-state index in [4.69, 9.17) is 5.11 Å². The maximum absolute atomic E-state index is 10.8. The molecule has 1 aromatic rings. The second kappa shape index (κ2) is 4.44. The van der Waals surface area contributed by atoms with Crippen molar-refractivity contribution in [2.24, 2.45) is 7.05 Å². The quantitative estimate of drug-likeness (QED) is 0.740. The fourth-order valence-electron chi connectivity index (χ4n) is 1.23. The summed E-state index contributed by atoms with van der Waals surface area (Å²) in [5.74, 6) is -0.840. The zero-order chi connectivity index (χ0) is 11.5. The molecular formula is C10H17N3O2. The number of nitrogens with one attached hydrogen (secondary N) is 1. The van der Waals surface area contributed by atoms with E-state index in [1.165, 1.54) is 0 Å². The van der Waals surface area contributed by atoms with E-state index in [9.17, 15) is 4.79 Å². The molecule has 0 unspecified atom stereocenters. The summed E-state index contributed by atoms with van der Waals surface area (Å²) < 4.78 is 1.79. The number of hydrogen-bond donors (Lipinski definition) is 2. The predicted octanol–water partition coefficient (Wildman–Crippen LogP) is 0.415. The zero-order valence-electron chi connectivity index (χ0n) is 9.32. The molecule has 0 aliphatic heterocycles. The van der Waals surface area contributed by atoms with Crippen molar-refractivity contribution in [3.8, 4) is 0 Å². The number of rotatable bonds is 5. The van der Waals surface area contributed by atoms with Crippen molar-refractivity contribution >= 4 is 5.97 Å². The van der Waals surface area contributed by atoms with Gasteiger partial charge in [-0.3, -0.25) is 9.48 Å². The number of carboxylic acid groups (broad SMARTS) is 1. The molecule has 84 valence electrons. The van der Waals surface area contributed by atoms with Crippen molar-refractivity contribution in [3.05, 3.63) is 18.0 Å². The molecule has 5 heteroatoms. The maximum atomic E-state index is 10.8. The van der Waals surface area contributed by atoms with E-state index in [0.29, 0.717) is 6.54 Å². The first-order valence-corrected chi connectivity index (χ1v) is 4.89. The van der Waals surface area contributed by atoms with E-state index in [0.717, 1.165) is 12.1 Å². The van der Waals surface area contributed by atoms with Gasteiger partial charge in [0, 0.05) is 31.9 Å². The highest BCUT2D eigenvalue weighted by molar-refractivity contribution is 5.77. The highest BCUT2D eigenvalue weighted by Gasteiger charge is 2.25. The van der Waals surface area contributed by atoms with Gasteiger partial charge in [-0.1, -0.05) is 0 Å². The summed E-state index contributed by atoms with van der Waals surface area (Å²) in [6.45, 7) is 3.93. The molecule has 0 saturated carbocycles. The van der Waals surface area contributed by atoms with Crippen molar-refractivity contribution in [1.82, 2.24) is 15.1 Å². The zero-order valence-corrected chi connectivity index (χ0v) is 9.32. The first-order valence-electron chi connectivity index (χ1n) is 4.89. The fourth-order valence-corrected chi connectivity index (χ4v) is 1.23. The lowest BCUT2D eigenvalue weighted by Crippen LogP contribution is -2.47. The summed E-state index contributed by atoms with van der Waals surface area (Å²) in [6, 6.07) is 1.93. The third kappa shape index (κ3) is 3.06. The largest absolute Gasteiger partial charge is 0.480 e. The summed E-state index contributed by atoms with van der Waals surface area (Å²) in [5, 5.41) is 15.9. The molecule has 0 aromatic carbocycles. The van der Waals surface area contributed by atoms with Crippen LogP contribution in [0.4, 0.5) is 0 Å². The molecule has 0 saturated heterocycles. The molecule has 1 aromatic heterocycles. The van der Waals surface area contributed by atoms with Crippen LogP contribution in [0.15, 0.2) is 12.3 Å². The Kier molecular flexibility index (Phi) is 3.47. The van der Waals surface area contributed by atoms with Crippen molar-refractivity contribution in [1.29, 1.82) is 0 Å². The van der Waals surface area contributed by atoms with Crippen LogP contribution in [0.3, 0.4) is 0 Å². The summed E-state index contributed by atoms with van der Waals surface area (Å²) in [4.78, 5) is 10.8. The van der Waals surface area contributed by atoms with E-state index in [-0.39, 0.29) is 0 Å². The Balaban J connectivity index is 2.40. The number of aliphatic carboxylic acids is 1. The van der Waals surface area contributed by atoms with Crippen LogP contribution in [0, 0.1) is 0 Å². The van der Waals surface area contributed by atoms with Gasteiger partial charge in [-0.2, -0.15) is 5.10 Å². The maximum Gasteiger partial charge on any atom is 0.323 e. The molecule has 0 aliphatic rings. The smallest absolute Gasteiger partial charge is 0.323 e. The van der Waals surface area contributed by atoms with Crippen molar-refractivity contribution in [2.45, 2.75) is 25.8 Å². The summed E-state index contributed by atoms with van der Waals surface area (Å²) in [5.41, 5.74) is 0.210. The predicted molar refractivity (Wildman–Crippen MR) is 56.6 cm³/mol. The number of carboxylic acids is 1. The minimum Gasteiger partial charge on any atom is -0.480 e. The van der Waals surface area contributed by atoms with Crippen LogP contribution in [0.25, 0.3) is 0 Å². The standard InChI is InChI=1S/C10H17N3O2/c1-10(2,9(14)15)11-6-4-8-5-7-12-13(8)3/h5,7,11H,4,6H2,1-3H3,(H,14,15). The van der Waals surface area contributed by atoms with Gasteiger partial charge in [0.15, 0.2) is 0 Å². The molecule has 1 heterocycles. The Morgan fingerprint density at radius 2 is 2.33 bits per heavy atom. The van der Waals surface area contributed by atoms with E-state index in [1.54, 1.807) is 24.7 Å². The van der Waals surface area contributed by atoms with E-state index < -0.39 is 11.5 Å². The van der Waals surface area contributed by atoms with Crippen LogP contribution in [-0.4, -0.2) is 32.9 Å². The Hall–Kier alpha value is -1.36. The van der Waals surface area contributed by atoms with Crippen LogP contribution in [0.5, 0.6) is 0 Å².